The molecule has 8 nitrogen and oxygen atoms in total. The van der Waals surface area contributed by atoms with Gasteiger partial charge in [0.1, 0.15) is 6.61 Å². The van der Waals surface area contributed by atoms with Crippen LogP contribution in [0.25, 0.3) is 11.5 Å². The minimum Gasteiger partial charge on any atom is -0.382 e. The van der Waals surface area contributed by atoms with E-state index in [1.165, 1.54) is 0 Å². The molecule has 0 aliphatic heterocycles. The molecule has 0 aliphatic carbocycles. The molecular formula is C14H18N4O4. The Balaban J connectivity index is 1.69. The summed E-state index contributed by atoms with van der Waals surface area (Å²) in [6, 6.07) is 3.63. The Bertz CT molecular complexity index is 573. The van der Waals surface area contributed by atoms with Crippen molar-refractivity contribution in [3.63, 3.8) is 0 Å². The van der Waals surface area contributed by atoms with Gasteiger partial charge in [0.25, 0.3) is 5.89 Å². The van der Waals surface area contributed by atoms with Crippen LogP contribution in [0.2, 0.25) is 0 Å². The number of carbonyl (C=O) groups is 1. The second-order valence-electron chi connectivity index (χ2n) is 4.40. The fourth-order valence-electron chi connectivity index (χ4n) is 1.63. The number of amides is 1. The minimum atomic E-state index is -0.188. The van der Waals surface area contributed by atoms with E-state index in [0.29, 0.717) is 37.9 Å². The van der Waals surface area contributed by atoms with Crippen LogP contribution in [-0.2, 0) is 20.7 Å². The number of ether oxygens (including phenoxy) is 2. The lowest BCUT2D eigenvalue weighted by Crippen LogP contribution is -2.30. The van der Waals surface area contributed by atoms with Crippen molar-refractivity contribution < 1.29 is 18.8 Å². The van der Waals surface area contributed by atoms with Gasteiger partial charge in [0, 0.05) is 32.5 Å². The van der Waals surface area contributed by atoms with Gasteiger partial charge in [-0.1, -0.05) is 5.16 Å². The number of hydrogen-bond donors (Lipinski definition) is 1. The summed E-state index contributed by atoms with van der Waals surface area (Å²) >= 11 is 0. The van der Waals surface area contributed by atoms with Crippen LogP contribution in [0.15, 0.2) is 29.0 Å². The number of rotatable bonds is 9. The van der Waals surface area contributed by atoms with Gasteiger partial charge in [0.15, 0.2) is 5.82 Å². The Morgan fingerprint density at radius 2 is 2.32 bits per heavy atom. The van der Waals surface area contributed by atoms with Crippen molar-refractivity contribution in [3.8, 4) is 11.5 Å². The van der Waals surface area contributed by atoms with Crippen LogP contribution in [0.4, 0.5) is 0 Å². The van der Waals surface area contributed by atoms with Crippen molar-refractivity contribution >= 4 is 5.91 Å². The van der Waals surface area contributed by atoms with Gasteiger partial charge in [-0.15, -0.1) is 0 Å². The third kappa shape index (κ3) is 5.23. The van der Waals surface area contributed by atoms with Gasteiger partial charge in [0.2, 0.25) is 5.91 Å². The molecule has 0 radical (unpaired) electrons. The van der Waals surface area contributed by atoms with Crippen LogP contribution < -0.4 is 5.32 Å². The molecule has 0 aliphatic rings. The first-order valence-electron chi connectivity index (χ1n) is 6.86. The van der Waals surface area contributed by atoms with Crippen molar-refractivity contribution in [2.24, 2.45) is 0 Å². The standard InChI is InChI=1S/C14H18N4O4/c1-20-7-8-21-10-13(19)16-6-4-12-17-14(22-18-12)11-3-2-5-15-9-11/h2-3,5,9H,4,6-8,10H2,1H3,(H,16,19). The van der Waals surface area contributed by atoms with Gasteiger partial charge in [-0.05, 0) is 12.1 Å². The molecule has 8 heteroatoms. The summed E-state index contributed by atoms with van der Waals surface area (Å²) < 4.78 is 15.1. The molecule has 0 fully saturated rings. The molecule has 0 spiro atoms. The quantitative estimate of drug-likeness (QED) is 0.671. The van der Waals surface area contributed by atoms with Gasteiger partial charge in [-0.3, -0.25) is 9.78 Å². The zero-order valence-electron chi connectivity index (χ0n) is 12.3. The zero-order valence-corrected chi connectivity index (χ0v) is 12.3. The normalized spacial score (nSPS) is 10.6. The molecule has 2 rings (SSSR count). The maximum absolute atomic E-state index is 11.5. The molecule has 22 heavy (non-hydrogen) atoms. The second kappa shape index (κ2) is 8.85. The van der Waals surface area contributed by atoms with Gasteiger partial charge in [0.05, 0.1) is 18.8 Å². The highest BCUT2D eigenvalue weighted by atomic mass is 16.5. The monoisotopic (exact) mass is 306 g/mol. The zero-order chi connectivity index (χ0) is 15.6. The van der Waals surface area contributed by atoms with Crippen molar-refractivity contribution in [3.05, 3.63) is 30.4 Å². The third-order valence-corrected chi connectivity index (χ3v) is 2.71. The maximum atomic E-state index is 11.5. The van der Waals surface area contributed by atoms with Crippen LogP contribution in [0, 0.1) is 0 Å². The van der Waals surface area contributed by atoms with E-state index in [1.54, 1.807) is 25.6 Å². The van der Waals surface area contributed by atoms with E-state index >= 15 is 0 Å². The molecule has 0 unspecified atom stereocenters. The maximum Gasteiger partial charge on any atom is 0.259 e. The summed E-state index contributed by atoms with van der Waals surface area (Å²) in [6.07, 6.45) is 3.80. The fraction of sp³-hybridized carbons (Fsp3) is 0.429. The van der Waals surface area contributed by atoms with E-state index in [-0.39, 0.29) is 12.5 Å². The molecule has 1 N–H and O–H groups in total. The highest BCUT2D eigenvalue weighted by Gasteiger charge is 2.09. The highest BCUT2D eigenvalue weighted by molar-refractivity contribution is 5.77. The number of nitrogens with zero attached hydrogens (tertiary/aromatic N) is 3. The first kappa shape index (κ1) is 16.1. The van der Waals surface area contributed by atoms with E-state index in [0.717, 1.165) is 5.56 Å². The van der Waals surface area contributed by atoms with Gasteiger partial charge in [-0.2, -0.15) is 4.98 Å². The molecule has 1 amide bonds. The van der Waals surface area contributed by atoms with Gasteiger partial charge in [-0.25, -0.2) is 0 Å². The molecule has 2 aromatic heterocycles. The number of nitrogens with one attached hydrogen (secondary N) is 1. The number of methoxy groups -OCH3 is 1. The van der Waals surface area contributed by atoms with Crippen LogP contribution >= 0.6 is 0 Å². The largest absolute Gasteiger partial charge is 0.382 e. The number of carbonyl (C=O) groups excluding carboxylic acids is 1. The lowest BCUT2D eigenvalue weighted by Gasteiger charge is -2.04. The van der Waals surface area contributed by atoms with E-state index in [1.807, 2.05) is 6.07 Å². The molecule has 118 valence electrons. The van der Waals surface area contributed by atoms with E-state index in [4.69, 9.17) is 14.0 Å². The second-order valence-corrected chi connectivity index (χ2v) is 4.40. The van der Waals surface area contributed by atoms with Crippen molar-refractivity contribution in [2.45, 2.75) is 6.42 Å². The Kier molecular flexibility index (Phi) is 6.46. The number of hydrogen-bond acceptors (Lipinski definition) is 7. The predicted octanol–water partition coefficient (Wildman–Crippen LogP) is 0.453. The molecule has 2 heterocycles. The Labute approximate surface area is 127 Å². The van der Waals surface area contributed by atoms with E-state index < -0.39 is 0 Å². The van der Waals surface area contributed by atoms with E-state index in [2.05, 4.69) is 20.4 Å². The average Bonchev–Trinajstić information content (AvgIpc) is 3.01. The lowest BCUT2D eigenvalue weighted by atomic mass is 10.3. The average molecular weight is 306 g/mol. The topological polar surface area (TPSA) is 99.4 Å². The van der Waals surface area contributed by atoms with E-state index in [9.17, 15) is 4.79 Å². The molecular weight excluding hydrogens is 288 g/mol. The molecule has 0 saturated heterocycles. The number of aromatic nitrogens is 3. The summed E-state index contributed by atoms with van der Waals surface area (Å²) in [5, 5.41) is 6.58. The highest BCUT2D eigenvalue weighted by Crippen LogP contribution is 2.14. The van der Waals surface area contributed by atoms with Crippen molar-refractivity contribution in [1.29, 1.82) is 0 Å². The molecule has 0 bridgehead atoms. The molecule has 0 saturated carbocycles. The predicted molar refractivity (Wildman–Crippen MR) is 76.9 cm³/mol. The Morgan fingerprint density at radius 1 is 1.41 bits per heavy atom. The molecule has 0 atom stereocenters. The first-order chi connectivity index (χ1) is 10.8. The van der Waals surface area contributed by atoms with Crippen LogP contribution in [0.3, 0.4) is 0 Å². The van der Waals surface area contributed by atoms with Crippen LogP contribution in [0.5, 0.6) is 0 Å². The summed E-state index contributed by atoms with van der Waals surface area (Å²) in [6.45, 7) is 1.28. The van der Waals surface area contributed by atoms with Crippen LogP contribution in [-0.4, -0.2) is 54.5 Å². The van der Waals surface area contributed by atoms with Gasteiger partial charge < -0.3 is 19.3 Å². The SMILES string of the molecule is COCCOCC(=O)NCCc1noc(-c2cccnc2)n1. The lowest BCUT2D eigenvalue weighted by molar-refractivity contribution is -0.126. The summed E-state index contributed by atoms with van der Waals surface area (Å²) in [4.78, 5) is 19.7. The van der Waals surface area contributed by atoms with Crippen molar-refractivity contribution in [1.82, 2.24) is 20.4 Å². The smallest absolute Gasteiger partial charge is 0.259 e. The first-order valence-corrected chi connectivity index (χ1v) is 6.86. The Morgan fingerprint density at radius 3 is 3.09 bits per heavy atom. The third-order valence-electron chi connectivity index (χ3n) is 2.71. The summed E-state index contributed by atoms with van der Waals surface area (Å²) in [5.41, 5.74) is 0.761. The Hall–Kier alpha value is -2.32. The van der Waals surface area contributed by atoms with Gasteiger partial charge >= 0.3 is 0 Å². The minimum absolute atomic E-state index is 0.0105. The van der Waals surface area contributed by atoms with Crippen LogP contribution in [0.1, 0.15) is 5.82 Å². The number of pyridine rings is 1. The molecule has 0 aromatic carbocycles. The fourth-order valence-corrected chi connectivity index (χ4v) is 1.63. The summed E-state index contributed by atoms with van der Waals surface area (Å²) in [5.74, 6) is 0.754. The van der Waals surface area contributed by atoms with Crippen molar-refractivity contribution in [2.75, 3.05) is 33.5 Å². The summed E-state index contributed by atoms with van der Waals surface area (Å²) in [7, 11) is 1.58. The molecule has 2 aromatic rings.